The monoisotopic (exact) mass is 347 g/mol. The summed E-state index contributed by atoms with van der Waals surface area (Å²) in [5.41, 5.74) is 6.14. The second-order valence-corrected chi connectivity index (χ2v) is 7.85. The zero-order valence-corrected chi connectivity index (χ0v) is 13.2. The number of thiophene rings is 1. The Hall–Kier alpha value is -1.49. The van der Waals surface area contributed by atoms with E-state index in [1.807, 2.05) is 12.1 Å². The van der Waals surface area contributed by atoms with E-state index in [0.717, 1.165) is 27.5 Å². The number of hydrogen-bond donors (Lipinski definition) is 3. The third-order valence-electron chi connectivity index (χ3n) is 2.37. The van der Waals surface area contributed by atoms with E-state index in [1.165, 1.54) is 0 Å². The van der Waals surface area contributed by atoms with E-state index < -0.39 is 21.7 Å². The molecule has 0 atom stereocenters. The van der Waals surface area contributed by atoms with Gasteiger partial charge in [-0.25, -0.2) is 13.4 Å². The number of thiazole rings is 1. The van der Waals surface area contributed by atoms with E-state index in [1.54, 1.807) is 16.7 Å². The van der Waals surface area contributed by atoms with E-state index in [-0.39, 0.29) is 5.13 Å². The Morgan fingerprint density at radius 3 is 2.86 bits per heavy atom. The first kappa shape index (κ1) is 15.9. The maximum atomic E-state index is 11.5. The average molecular weight is 347 g/mol. The van der Waals surface area contributed by atoms with Crippen LogP contribution >= 0.6 is 22.7 Å². The van der Waals surface area contributed by atoms with Crippen LogP contribution < -0.4 is 10.5 Å². The highest BCUT2D eigenvalue weighted by molar-refractivity contribution is 7.93. The molecule has 114 valence electrons. The number of nitrogens with zero attached hydrogens (tertiary/aromatic N) is 1. The summed E-state index contributed by atoms with van der Waals surface area (Å²) in [7, 11) is -3.92. The lowest BCUT2D eigenvalue weighted by Crippen LogP contribution is -2.22. The Bertz CT molecular complexity index is 735. The summed E-state index contributed by atoms with van der Waals surface area (Å²) in [5, 5.41) is 10.4. The number of sulfonamides is 1. The van der Waals surface area contributed by atoms with Crippen molar-refractivity contribution in [3.63, 3.8) is 0 Å². The zero-order valence-electron chi connectivity index (χ0n) is 10.8. The largest absolute Gasteiger partial charge is 0.480 e. The minimum atomic E-state index is -3.92. The maximum absolute atomic E-state index is 11.5. The van der Waals surface area contributed by atoms with Crippen molar-refractivity contribution in [3.8, 4) is 10.6 Å². The summed E-state index contributed by atoms with van der Waals surface area (Å²) in [5.74, 6) is -2.40. The summed E-state index contributed by atoms with van der Waals surface area (Å²) < 4.78 is 25.2. The fourth-order valence-corrected chi connectivity index (χ4v) is 4.45. The third-order valence-corrected chi connectivity index (χ3v) is 5.55. The van der Waals surface area contributed by atoms with Crippen molar-refractivity contribution in [1.82, 2.24) is 4.98 Å². The van der Waals surface area contributed by atoms with E-state index >= 15 is 0 Å². The molecule has 2 rings (SSSR count). The molecule has 0 aromatic carbocycles. The number of nitrogens with one attached hydrogen (secondary N) is 1. The van der Waals surface area contributed by atoms with Crippen LogP contribution in [-0.2, 0) is 21.2 Å². The van der Waals surface area contributed by atoms with Crippen LogP contribution in [0.1, 0.15) is 4.88 Å². The highest BCUT2D eigenvalue weighted by Crippen LogP contribution is 2.31. The molecule has 0 spiro atoms. The second-order valence-electron chi connectivity index (χ2n) is 4.10. The number of hydrogen-bond acceptors (Lipinski definition) is 7. The van der Waals surface area contributed by atoms with Crippen molar-refractivity contribution in [2.75, 3.05) is 17.0 Å². The van der Waals surface area contributed by atoms with Crippen LogP contribution in [0.3, 0.4) is 0 Å². The van der Waals surface area contributed by atoms with Gasteiger partial charge in [0.25, 0.3) is 0 Å². The minimum Gasteiger partial charge on any atom is -0.480 e. The molecule has 0 aliphatic rings. The quantitative estimate of drug-likeness (QED) is 0.691. The molecule has 0 unspecified atom stereocenters. The molecule has 0 saturated heterocycles. The molecular formula is C11H13N3O4S3. The molecule has 0 fully saturated rings. The topological polar surface area (TPSA) is 122 Å². The minimum absolute atomic E-state index is 0.153. The van der Waals surface area contributed by atoms with Crippen molar-refractivity contribution in [2.24, 2.45) is 5.73 Å². The van der Waals surface area contributed by atoms with Gasteiger partial charge in [-0.05, 0) is 25.1 Å². The van der Waals surface area contributed by atoms with Crippen molar-refractivity contribution < 1.29 is 18.3 Å². The van der Waals surface area contributed by atoms with Gasteiger partial charge in [0.15, 0.2) is 10.9 Å². The molecule has 2 aromatic rings. The molecular weight excluding hydrogens is 334 g/mol. The molecule has 4 N–H and O–H groups in total. The molecule has 0 bridgehead atoms. The van der Waals surface area contributed by atoms with Crippen molar-refractivity contribution in [1.29, 1.82) is 0 Å². The third kappa shape index (κ3) is 4.49. The van der Waals surface area contributed by atoms with Crippen molar-refractivity contribution in [2.45, 2.75) is 6.42 Å². The first-order chi connectivity index (χ1) is 9.89. The fourth-order valence-electron chi connectivity index (χ4n) is 1.56. The van der Waals surface area contributed by atoms with Gasteiger partial charge < -0.3 is 10.8 Å². The highest BCUT2D eigenvalue weighted by Gasteiger charge is 2.17. The second kappa shape index (κ2) is 6.52. The van der Waals surface area contributed by atoms with Gasteiger partial charge in [-0.3, -0.25) is 9.52 Å². The van der Waals surface area contributed by atoms with Gasteiger partial charge in [0.1, 0.15) is 0 Å². The lowest BCUT2D eigenvalue weighted by atomic mass is 10.3. The molecule has 7 nitrogen and oxygen atoms in total. The zero-order chi connectivity index (χ0) is 15.5. The molecule has 2 heterocycles. The predicted molar refractivity (Wildman–Crippen MR) is 83.2 cm³/mol. The van der Waals surface area contributed by atoms with E-state index in [9.17, 15) is 13.2 Å². The van der Waals surface area contributed by atoms with Crippen LogP contribution in [0.25, 0.3) is 10.6 Å². The molecule has 0 aliphatic carbocycles. The first-order valence-electron chi connectivity index (χ1n) is 5.86. The Balaban J connectivity index is 2.12. The van der Waals surface area contributed by atoms with Crippen LogP contribution in [-0.4, -0.2) is 36.8 Å². The van der Waals surface area contributed by atoms with Crippen LogP contribution in [0.2, 0.25) is 0 Å². The SMILES string of the molecule is NCCc1ccc(-c2csc(NS(=O)(=O)CC(=O)O)n2)s1. The van der Waals surface area contributed by atoms with Crippen LogP contribution in [0.4, 0.5) is 5.13 Å². The number of carboxylic acid groups (broad SMARTS) is 1. The molecule has 0 aliphatic heterocycles. The lowest BCUT2D eigenvalue weighted by Gasteiger charge is -2.00. The number of aromatic nitrogens is 1. The molecule has 0 radical (unpaired) electrons. The Morgan fingerprint density at radius 1 is 1.43 bits per heavy atom. The van der Waals surface area contributed by atoms with Gasteiger partial charge in [0.2, 0.25) is 10.0 Å². The number of rotatable bonds is 7. The standard InChI is InChI=1S/C11H13N3O4S3/c12-4-3-7-1-2-9(20-7)8-5-19-11(13-8)14-21(17,18)6-10(15)16/h1-2,5H,3-4,6,12H2,(H,13,14)(H,15,16). The molecule has 10 heteroatoms. The summed E-state index contributed by atoms with van der Waals surface area (Å²) >= 11 is 2.65. The molecule has 2 aromatic heterocycles. The number of carboxylic acids is 1. The molecule has 21 heavy (non-hydrogen) atoms. The van der Waals surface area contributed by atoms with Crippen LogP contribution in [0.15, 0.2) is 17.5 Å². The summed E-state index contributed by atoms with van der Waals surface area (Å²) in [4.78, 5) is 16.7. The van der Waals surface area contributed by atoms with Crippen LogP contribution in [0, 0.1) is 0 Å². The van der Waals surface area contributed by atoms with Gasteiger partial charge in [-0.1, -0.05) is 0 Å². The number of carbonyl (C=O) groups is 1. The fraction of sp³-hybridized carbons (Fsp3) is 0.273. The van der Waals surface area contributed by atoms with Gasteiger partial charge in [-0.2, -0.15) is 0 Å². The number of aliphatic carboxylic acids is 1. The van der Waals surface area contributed by atoms with Gasteiger partial charge in [0.05, 0.1) is 10.6 Å². The summed E-state index contributed by atoms with van der Waals surface area (Å²) in [6, 6.07) is 3.86. The highest BCUT2D eigenvalue weighted by atomic mass is 32.2. The van der Waals surface area contributed by atoms with Crippen LogP contribution in [0.5, 0.6) is 0 Å². The predicted octanol–water partition coefficient (Wildman–Crippen LogP) is 1.20. The Morgan fingerprint density at radius 2 is 2.19 bits per heavy atom. The van der Waals surface area contributed by atoms with Gasteiger partial charge in [-0.15, -0.1) is 22.7 Å². The first-order valence-corrected chi connectivity index (χ1v) is 9.21. The lowest BCUT2D eigenvalue weighted by molar-refractivity contribution is -0.134. The maximum Gasteiger partial charge on any atom is 0.320 e. The Kier molecular flexibility index (Phi) is 4.93. The molecule has 0 amide bonds. The van der Waals surface area contributed by atoms with E-state index in [0.29, 0.717) is 12.2 Å². The smallest absolute Gasteiger partial charge is 0.320 e. The summed E-state index contributed by atoms with van der Waals surface area (Å²) in [6.45, 7) is 0.567. The van der Waals surface area contributed by atoms with Gasteiger partial charge in [0, 0.05) is 10.3 Å². The van der Waals surface area contributed by atoms with Crippen molar-refractivity contribution >= 4 is 43.8 Å². The number of anilines is 1. The summed E-state index contributed by atoms with van der Waals surface area (Å²) in [6.07, 6.45) is 0.785. The normalized spacial score (nSPS) is 11.5. The van der Waals surface area contributed by atoms with Crippen molar-refractivity contribution in [3.05, 3.63) is 22.4 Å². The number of nitrogens with two attached hydrogens (primary N) is 1. The van der Waals surface area contributed by atoms with Gasteiger partial charge >= 0.3 is 5.97 Å². The molecule has 0 saturated carbocycles. The average Bonchev–Trinajstić information content (AvgIpc) is 2.96. The van der Waals surface area contributed by atoms with E-state index in [2.05, 4.69) is 9.71 Å². The Labute approximate surface area is 129 Å². The van der Waals surface area contributed by atoms with E-state index in [4.69, 9.17) is 10.8 Å².